The van der Waals surface area contributed by atoms with E-state index in [1.165, 1.54) is 6.07 Å². The Kier molecular flexibility index (Phi) is 7.76. The van der Waals surface area contributed by atoms with Gasteiger partial charge in [0, 0.05) is 37.4 Å². The van der Waals surface area contributed by atoms with Crippen LogP contribution in [0.5, 0.6) is 0 Å². The van der Waals surface area contributed by atoms with Gasteiger partial charge in [0.05, 0.1) is 23.2 Å². The largest absolute Gasteiger partial charge is 0.417 e. The zero-order chi connectivity index (χ0) is 22.7. The second-order valence-electron chi connectivity index (χ2n) is 8.47. The van der Waals surface area contributed by atoms with Crippen LogP contribution in [0.4, 0.5) is 18.9 Å². The first kappa shape index (κ1) is 24.4. The molecule has 2 N–H and O–H groups in total. The number of nitrogens with one attached hydrogen (secondary N) is 2. The summed E-state index contributed by atoms with van der Waals surface area (Å²) in [5, 5.41) is 5.03. The van der Waals surface area contributed by atoms with E-state index in [4.69, 9.17) is 11.6 Å². The minimum absolute atomic E-state index is 0.0443. The number of benzene rings is 1. The van der Waals surface area contributed by atoms with Gasteiger partial charge in [-0.05, 0) is 45.9 Å². The van der Waals surface area contributed by atoms with Crippen LogP contribution in [0.25, 0.3) is 0 Å². The molecule has 0 aromatic heterocycles. The van der Waals surface area contributed by atoms with Crippen LogP contribution in [0, 0.1) is 0 Å². The van der Waals surface area contributed by atoms with E-state index < -0.39 is 22.7 Å². The third kappa shape index (κ3) is 7.14. The highest BCUT2D eigenvalue weighted by molar-refractivity contribution is 6.31. The molecule has 0 bridgehead atoms. The normalized spacial score (nSPS) is 17.5. The fraction of sp³-hybridized carbons (Fsp3) is 0.600. The highest BCUT2D eigenvalue weighted by atomic mass is 35.5. The molecule has 1 unspecified atom stereocenters. The van der Waals surface area contributed by atoms with E-state index in [9.17, 15) is 22.8 Å². The van der Waals surface area contributed by atoms with Crippen LogP contribution in [0.3, 0.4) is 0 Å². The molecule has 1 aromatic rings. The Bertz CT molecular complexity index is 772. The molecular formula is C20H28ClF3N4O2. The highest BCUT2D eigenvalue weighted by Gasteiger charge is 2.33. The number of hydrogen-bond donors (Lipinski definition) is 2. The molecule has 0 saturated carbocycles. The Balaban J connectivity index is 1.85. The van der Waals surface area contributed by atoms with E-state index in [2.05, 4.69) is 10.6 Å². The Morgan fingerprint density at radius 3 is 2.27 bits per heavy atom. The second kappa shape index (κ2) is 9.53. The Morgan fingerprint density at radius 2 is 1.73 bits per heavy atom. The van der Waals surface area contributed by atoms with Crippen LogP contribution in [0.2, 0.25) is 5.02 Å². The number of carbonyl (C=O) groups is 2. The summed E-state index contributed by atoms with van der Waals surface area (Å²) in [4.78, 5) is 28.5. The maximum absolute atomic E-state index is 12.9. The smallest absolute Gasteiger partial charge is 0.350 e. The third-order valence-corrected chi connectivity index (χ3v) is 5.08. The van der Waals surface area contributed by atoms with E-state index in [1.807, 2.05) is 37.5 Å². The van der Waals surface area contributed by atoms with Crippen molar-refractivity contribution in [1.29, 1.82) is 0 Å². The minimum Gasteiger partial charge on any atom is -0.350 e. The third-order valence-electron chi connectivity index (χ3n) is 4.75. The van der Waals surface area contributed by atoms with Crippen molar-refractivity contribution >= 4 is 29.1 Å². The van der Waals surface area contributed by atoms with Gasteiger partial charge in [0.15, 0.2) is 0 Å². The molecule has 2 amide bonds. The molecule has 1 fully saturated rings. The quantitative estimate of drug-likeness (QED) is 0.726. The van der Waals surface area contributed by atoms with Crippen LogP contribution in [-0.2, 0) is 15.8 Å². The van der Waals surface area contributed by atoms with E-state index >= 15 is 0 Å². The summed E-state index contributed by atoms with van der Waals surface area (Å²) in [6, 6.07) is 2.99. The van der Waals surface area contributed by atoms with E-state index in [1.54, 1.807) is 0 Å². The second-order valence-corrected chi connectivity index (χ2v) is 8.88. The van der Waals surface area contributed by atoms with Crippen molar-refractivity contribution in [3.63, 3.8) is 0 Å². The van der Waals surface area contributed by atoms with E-state index in [0.717, 1.165) is 12.1 Å². The number of amides is 2. The van der Waals surface area contributed by atoms with E-state index in [-0.39, 0.29) is 29.7 Å². The lowest BCUT2D eigenvalue weighted by Crippen LogP contribution is -2.56. The van der Waals surface area contributed by atoms with Gasteiger partial charge in [-0.15, -0.1) is 0 Å². The number of nitrogens with zero attached hydrogens (tertiary/aromatic N) is 2. The molecule has 30 heavy (non-hydrogen) atoms. The molecule has 2 rings (SSSR count). The summed E-state index contributed by atoms with van der Waals surface area (Å²) in [7, 11) is 0. The molecule has 168 valence electrons. The predicted octanol–water partition coefficient (Wildman–Crippen LogP) is 3.22. The maximum Gasteiger partial charge on any atom is 0.417 e. The number of halogens is 4. The van der Waals surface area contributed by atoms with Gasteiger partial charge in [-0.3, -0.25) is 19.4 Å². The summed E-state index contributed by atoms with van der Waals surface area (Å²) < 4.78 is 38.8. The van der Waals surface area contributed by atoms with Crippen molar-refractivity contribution in [2.75, 3.05) is 38.0 Å². The first-order chi connectivity index (χ1) is 13.8. The van der Waals surface area contributed by atoms with Gasteiger partial charge in [0.25, 0.3) is 0 Å². The lowest BCUT2D eigenvalue weighted by Gasteiger charge is -2.38. The molecule has 0 aliphatic carbocycles. The molecule has 6 nitrogen and oxygen atoms in total. The number of hydrogen-bond acceptors (Lipinski definition) is 4. The predicted molar refractivity (Wildman–Crippen MR) is 110 cm³/mol. The van der Waals surface area contributed by atoms with Crippen molar-refractivity contribution < 1.29 is 22.8 Å². The van der Waals surface area contributed by atoms with Crippen molar-refractivity contribution in [2.45, 2.75) is 45.5 Å². The summed E-state index contributed by atoms with van der Waals surface area (Å²) in [6.45, 7) is 10.1. The topological polar surface area (TPSA) is 64.7 Å². The van der Waals surface area contributed by atoms with Gasteiger partial charge >= 0.3 is 6.18 Å². The lowest BCUT2D eigenvalue weighted by molar-refractivity contribution is -0.137. The van der Waals surface area contributed by atoms with Gasteiger partial charge in [-0.1, -0.05) is 11.6 Å². The zero-order valence-electron chi connectivity index (χ0n) is 17.6. The number of carbonyl (C=O) groups excluding carboxylic acids is 2. The van der Waals surface area contributed by atoms with Crippen LogP contribution in [0.1, 0.15) is 33.3 Å². The van der Waals surface area contributed by atoms with Gasteiger partial charge in [0.2, 0.25) is 11.8 Å². The average molecular weight is 449 g/mol. The Labute approximate surface area is 179 Å². The molecule has 10 heteroatoms. The minimum atomic E-state index is -4.59. The van der Waals surface area contributed by atoms with E-state index in [0.29, 0.717) is 26.2 Å². The van der Waals surface area contributed by atoms with Crippen molar-refractivity contribution in [2.24, 2.45) is 0 Å². The van der Waals surface area contributed by atoms with Crippen LogP contribution in [0.15, 0.2) is 18.2 Å². The first-order valence-electron chi connectivity index (χ1n) is 9.71. The Morgan fingerprint density at radius 1 is 1.13 bits per heavy atom. The molecule has 1 aliphatic rings. The number of anilines is 1. The maximum atomic E-state index is 12.9. The SMILES string of the molecule is CC(C(=O)NC(C)(C)C)N1CCN(CC(=O)Nc2ccc(Cl)c(C(F)(F)F)c2)CC1. The van der Waals surface area contributed by atoms with Gasteiger partial charge in [-0.2, -0.15) is 13.2 Å². The van der Waals surface area contributed by atoms with Crippen LogP contribution in [-0.4, -0.2) is 65.9 Å². The number of piperazine rings is 1. The summed E-state index contributed by atoms with van der Waals surface area (Å²) >= 11 is 5.60. The Hall–Kier alpha value is -1.84. The highest BCUT2D eigenvalue weighted by Crippen LogP contribution is 2.36. The monoisotopic (exact) mass is 448 g/mol. The number of alkyl halides is 3. The fourth-order valence-corrected chi connectivity index (χ4v) is 3.40. The molecular weight excluding hydrogens is 421 g/mol. The first-order valence-corrected chi connectivity index (χ1v) is 10.1. The summed E-state index contributed by atoms with van der Waals surface area (Å²) in [5.41, 5.74) is -1.25. The zero-order valence-corrected chi connectivity index (χ0v) is 18.3. The molecule has 1 aliphatic heterocycles. The standard InChI is InChI=1S/C20H28ClF3N4O2/c1-13(18(30)26-19(2,3)4)28-9-7-27(8-10-28)12-17(29)25-14-5-6-16(21)15(11-14)20(22,23)24/h5-6,11,13H,7-10,12H2,1-4H3,(H,25,29)(H,26,30). The summed E-state index contributed by atoms with van der Waals surface area (Å²) in [5.74, 6) is -0.450. The lowest BCUT2D eigenvalue weighted by atomic mass is 10.1. The number of rotatable bonds is 5. The van der Waals surface area contributed by atoms with Gasteiger partial charge < -0.3 is 10.6 Å². The van der Waals surface area contributed by atoms with Crippen molar-refractivity contribution in [1.82, 2.24) is 15.1 Å². The van der Waals surface area contributed by atoms with Crippen molar-refractivity contribution in [3.05, 3.63) is 28.8 Å². The van der Waals surface area contributed by atoms with Crippen LogP contribution >= 0.6 is 11.6 Å². The summed E-state index contributed by atoms with van der Waals surface area (Å²) in [6.07, 6.45) is -4.59. The molecule has 1 heterocycles. The van der Waals surface area contributed by atoms with Gasteiger partial charge in [-0.25, -0.2) is 0 Å². The average Bonchev–Trinajstić information content (AvgIpc) is 2.61. The van der Waals surface area contributed by atoms with Crippen LogP contribution < -0.4 is 10.6 Å². The molecule has 1 atom stereocenters. The molecule has 1 aromatic carbocycles. The van der Waals surface area contributed by atoms with Gasteiger partial charge in [0.1, 0.15) is 0 Å². The molecule has 0 spiro atoms. The fourth-order valence-electron chi connectivity index (χ4n) is 3.17. The van der Waals surface area contributed by atoms with Crippen molar-refractivity contribution in [3.8, 4) is 0 Å². The molecule has 1 saturated heterocycles. The molecule has 0 radical (unpaired) electrons.